The van der Waals surface area contributed by atoms with Gasteiger partial charge in [-0.1, -0.05) is 5.16 Å². The Morgan fingerprint density at radius 1 is 1.39 bits per heavy atom. The first kappa shape index (κ1) is 17.2. The lowest BCUT2D eigenvalue weighted by Gasteiger charge is -2.40. The van der Waals surface area contributed by atoms with Gasteiger partial charge in [-0.15, -0.1) is 0 Å². The number of carboxylic acid groups (broad SMARTS) is 2. The molecule has 4 rings (SSSR count). The molecule has 3 aliphatic heterocycles. The fourth-order valence-electron chi connectivity index (χ4n) is 2.81. The van der Waals surface area contributed by atoms with E-state index < -0.39 is 11.9 Å². The third-order valence-corrected chi connectivity index (χ3v) is 3.90. The van der Waals surface area contributed by atoms with E-state index in [0.717, 1.165) is 23.9 Å². The second-order valence-electron chi connectivity index (χ2n) is 5.53. The number of aromatic nitrogens is 1. The van der Waals surface area contributed by atoms with Crippen LogP contribution in [0.25, 0.3) is 6.08 Å². The molecule has 23 heavy (non-hydrogen) atoms. The summed E-state index contributed by atoms with van der Waals surface area (Å²) >= 11 is 0. The van der Waals surface area contributed by atoms with Crippen LogP contribution in [0.5, 0.6) is 0 Å². The standard InChI is InChI=1S/C13H18N2O2.C2H2O4/c1-16-9-12-7-13(17-14-12)6-11-8-15-4-2-10(11)3-5-15;3-1(4)2(5)6/h6-7,10H,2-5,8-9H2,1H3;(H,3,4)(H,5,6)/b11-6+;. The lowest BCUT2D eigenvalue weighted by atomic mass is 9.83. The van der Waals surface area contributed by atoms with Crippen LogP contribution in [-0.2, 0) is 20.9 Å². The fourth-order valence-corrected chi connectivity index (χ4v) is 2.81. The van der Waals surface area contributed by atoms with Crippen LogP contribution in [0, 0.1) is 5.92 Å². The highest BCUT2D eigenvalue weighted by atomic mass is 16.5. The molecule has 8 nitrogen and oxygen atoms in total. The van der Waals surface area contributed by atoms with Crippen molar-refractivity contribution >= 4 is 18.0 Å². The summed E-state index contributed by atoms with van der Waals surface area (Å²) in [4.78, 5) is 20.7. The first-order valence-corrected chi connectivity index (χ1v) is 7.33. The Kier molecular flexibility index (Phi) is 5.89. The Bertz CT molecular complexity index is 575. The summed E-state index contributed by atoms with van der Waals surface area (Å²) in [6.07, 6.45) is 4.76. The van der Waals surface area contributed by atoms with Crippen molar-refractivity contribution in [2.45, 2.75) is 19.4 Å². The first-order valence-electron chi connectivity index (χ1n) is 7.33. The molecule has 8 heteroatoms. The van der Waals surface area contributed by atoms with Crippen molar-refractivity contribution in [3.63, 3.8) is 0 Å². The van der Waals surface area contributed by atoms with Crippen LogP contribution in [0.4, 0.5) is 0 Å². The fraction of sp³-hybridized carbons (Fsp3) is 0.533. The quantitative estimate of drug-likeness (QED) is 0.794. The number of ether oxygens (including phenoxy) is 1. The molecule has 0 unspecified atom stereocenters. The number of piperidine rings is 3. The van der Waals surface area contributed by atoms with E-state index in [-0.39, 0.29) is 0 Å². The molecule has 0 saturated carbocycles. The van der Waals surface area contributed by atoms with Gasteiger partial charge < -0.3 is 19.5 Å². The van der Waals surface area contributed by atoms with Crippen molar-refractivity contribution in [1.29, 1.82) is 0 Å². The van der Waals surface area contributed by atoms with Crippen molar-refractivity contribution in [2.24, 2.45) is 5.92 Å². The van der Waals surface area contributed by atoms with E-state index in [1.54, 1.807) is 7.11 Å². The van der Waals surface area contributed by atoms with E-state index >= 15 is 0 Å². The highest BCUT2D eigenvalue weighted by Crippen LogP contribution is 2.32. The topological polar surface area (TPSA) is 113 Å². The van der Waals surface area contributed by atoms with Crippen molar-refractivity contribution in [3.05, 3.63) is 23.1 Å². The molecule has 1 aromatic rings. The minimum Gasteiger partial charge on any atom is -0.473 e. The number of rotatable bonds is 3. The molecule has 3 saturated heterocycles. The lowest BCUT2D eigenvalue weighted by Crippen LogP contribution is -2.42. The minimum atomic E-state index is -1.82. The second-order valence-corrected chi connectivity index (χ2v) is 5.53. The van der Waals surface area contributed by atoms with E-state index in [9.17, 15) is 0 Å². The molecule has 2 N–H and O–H groups in total. The molecule has 0 aliphatic carbocycles. The second kappa shape index (κ2) is 7.89. The summed E-state index contributed by atoms with van der Waals surface area (Å²) in [6.45, 7) is 4.13. The van der Waals surface area contributed by atoms with Gasteiger partial charge in [-0.3, -0.25) is 4.90 Å². The van der Waals surface area contributed by atoms with Gasteiger partial charge in [-0.2, -0.15) is 0 Å². The molecule has 2 bridgehead atoms. The third kappa shape index (κ3) is 4.90. The van der Waals surface area contributed by atoms with Gasteiger partial charge in [-0.05, 0) is 43.5 Å². The zero-order chi connectivity index (χ0) is 16.8. The number of carboxylic acids is 2. The maximum Gasteiger partial charge on any atom is 0.414 e. The van der Waals surface area contributed by atoms with Gasteiger partial charge in [0.2, 0.25) is 0 Å². The molecule has 3 fully saturated rings. The van der Waals surface area contributed by atoms with Crippen molar-refractivity contribution in [3.8, 4) is 0 Å². The normalized spacial score (nSPS) is 24.1. The summed E-state index contributed by atoms with van der Waals surface area (Å²) in [7, 11) is 1.67. The Balaban J connectivity index is 0.000000277. The maximum absolute atomic E-state index is 9.10. The molecule has 0 atom stereocenters. The van der Waals surface area contributed by atoms with Gasteiger partial charge in [0.05, 0.1) is 6.61 Å². The third-order valence-electron chi connectivity index (χ3n) is 3.90. The smallest absolute Gasteiger partial charge is 0.414 e. The average molecular weight is 324 g/mol. The number of carbonyl (C=O) groups is 2. The van der Waals surface area contributed by atoms with Crippen molar-refractivity contribution < 1.29 is 29.1 Å². The minimum absolute atomic E-state index is 0.516. The van der Waals surface area contributed by atoms with E-state index in [4.69, 9.17) is 29.1 Å². The molecular formula is C15H20N2O6. The van der Waals surface area contributed by atoms with Crippen LogP contribution in [0.3, 0.4) is 0 Å². The summed E-state index contributed by atoms with van der Waals surface area (Å²) < 4.78 is 10.3. The Morgan fingerprint density at radius 3 is 2.52 bits per heavy atom. The van der Waals surface area contributed by atoms with Crippen molar-refractivity contribution in [1.82, 2.24) is 10.1 Å². The highest BCUT2D eigenvalue weighted by molar-refractivity contribution is 6.27. The summed E-state index contributed by atoms with van der Waals surface area (Å²) in [5, 5.41) is 18.8. The van der Waals surface area contributed by atoms with Crippen LogP contribution in [0.2, 0.25) is 0 Å². The predicted molar refractivity (Wildman–Crippen MR) is 79.6 cm³/mol. The Hall–Kier alpha value is -2.19. The number of aliphatic carboxylic acids is 2. The zero-order valence-electron chi connectivity index (χ0n) is 12.9. The van der Waals surface area contributed by atoms with E-state index in [1.807, 2.05) is 6.07 Å². The summed E-state index contributed by atoms with van der Waals surface area (Å²) in [5.74, 6) is -2.03. The van der Waals surface area contributed by atoms with E-state index in [1.165, 1.54) is 31.5 Å². The van der Waals surface area contributed by atoms with Gasteiger partial charge >= 0.3 is 11.9 Å². The number of hydrogen-bond donors (Lipinski definition) is 2. The van der Waals surface area contributed by atoms with Crippen LogP contribution in [-0.4, -0.2) is 59.0 Å². The first-order chi connectivity index (χ1) is 11.0. The molecule has 0 aromatic carbocycles. The van der Waals surface area contributed by atoms with Gasteiger partial charge in [0.15, 0.2) is 5.76 Å². The molecular weight excluding hydrogens is 304 g/mol. The average Bonchev–Trinajstić information content (AvgIpc) is 2.96. The van der Waals surface area contributed by atoms with Gasteiger partial charge in [-0.25, -0.2) is 9.59 Å². The van der Waals surface area contributed by atoms with Crippen LogP contribution in [0.1, 0.15) is 24.3 Å². The highest BCUT2D eigenvalue weighted by Gasteiger charge is 2.29. The number of nitrogens with zero attached hydrogens (tertiary/aromatic N) is 2. The van der Waals surface area contributed by atoms with E-state index in [2.05, 4.69) is 16.1 Å². The lowest BCUT2D eigenvalue weighted by molar-refractivity contribution is -0.159. The molecule has 1 aromatic heterocycles. The predicted octanol–water partition coefficient (Wildman–Crippen LogP) is 1.09. The van der Waals surface area contributed by atoms with Crippen LogP contribution in [0.15, 0.2) is 16.2 Å². The van der Waals surface area contributed by atoms with Gasteiger partial charge in [0.25, 0.3) is 0 Å². The molecule has 0 spiro atoms. The van der Waals surface area contributed by atoms with E-state index in [0.29, 0.717) is 6.61 Å². The molecule has 0 amide bonds. The summed E-state index contributed by atoms with van der Waals surface area (Å²) in [6, 6.07) is 1.97. The van der Waals surface area contributed by atoms with Crippen molar-refractivity contribution in [2.75, 3.05) is 26.7 Å². The van der Waals surface area contributed by atoms with Crippen LogP contribution < -0.4 is 0 Å². The SMILES string of the molecule is COCc1cc(/C=C2\CN3CCC2CC3)on1.O=C(O)C(=O)O. The zero-order valence-corrected chi connectivity index (χ0v) is 12.9. The maximum atomic E-state index is 9.10. The summed E-state index contributed by atoms with van der Waals surface area (Å²) in [5.41, 5.74) is 2.36. The number of fused-ring (bicyclic) bond motifs is 3. The van der Waals surface area contributed by atoms with Gasteiger partial charge in [0, 0.05) is 19.7 Å². The Morgan fingerprint density at radius 2 is 2.04 bits per heavy atom. The molecule has 4 heterocycles. The molecule has 126 valence electrons. The molecule has 3 aliphatic rings. The Labute approximate surface area is 133 Å². The number of methoxy groups -OCH3 is 1. The van der Waals surface area contributed by atoms with Gasteiger partial charge in [0.1, 0.15) is 5.69 Å². The molecule has 0 radical (unpaired) electrons. The largest absolute Gasteiger partial charge is 0.473 e. The number of hydrogen-bond acceptors (Lipinski definition) is 6. The monoisotopic (exact) mass is 324 g/mol. The van der Waals surface area contributed by atoms with Crippen LogP contribution >= 0.6 is 0 Å².